The summed E-state index contributed by atoms with van der Waals surface area (Å²) in [5.41, 5.74) is 11.9. The van der Waals surface area contributed by atoms with Crippen LogP contribution in [0.5, 0.6) is 0 Å². The number of hydrogen-bond acceptors (Lipinski definition) is 4. The number of nitrogens with zero attached hydrogens (tertiary/aromatic N) is 1. The number of anilines is 1. The first-order valence-corrected chi connectivity index (χ1v) is 13.7. The number of allylic oxidation sites excluding steroid dienone is 6. The van der Waals surface area contributed by atoms with Gasteiger partial charge < -0.3 is 16.0 Å². The van der Waals surface area contributed by atoms with E-state index in [-0.39, 0.29) is 0 Å². The highest BCUT2D eigenvalue weighted by atomic mass is 32.2. The molecule has 0 spiro atoms. The van der Waals surface area contributed by atoms with Crippen LogP contribution in [0.2, 0.25) is 0 Å². The van der Waals surface area contributed by atoms with Gasteiger partial charge in [0.2, 0.25) is 0 Å². The number of benzene rings is 2. The minimum Gasteiger partial charge on any atom is -0.373 e. The molecule has 0 saturated carbocycles. The molecule has 3 aliphatic rings. The summed E-state index contributed by atoms with van der Waals surface area (Å²) in [6.07, 6.45) is 18.1. The molecule has 0 bridgehead atoms. The molecule has 2 aromatic rings. The van der Waals surface area contributed by atoms with E-state index in [1.807, 2.05) is 17.8 Å². The third-order valence-corrected chi connectivity index (χ3v) is 8.38. The Morgan fingerprint density at radius 2 is 1.91 bits per heavy atom. The average molecular weight is 501 g/mol. The van der Waals surface area contributed by atoms with Gasteiger partial charge in [-0.15, -0.1) is 11.8 Å². The molecule has 0 aromatic heterocycles. The zero-order valence-corrected chi connectivity index (χ0v) is 21.9. The Morgan fingerprint density at radius 1 is 1.09 bits per heavy atom. The fraction of sp³-hybridized carbons (Fsp3) is 0.172. The maximum Gasteiger partial charge on any atom is 0.146 e. The molecule has 178 valence electrons. The summed E-state index contributed by atoms with van der Waals surface area (Å²) in [7, 11) is 4.20. The van der Waals surface area contributed by atoms with Gasteiger partial charge in [0.1, 0.15) is 23.8 Å². The van der Waals surface area contributed by atoms with Crippen LogP contribution in [0.1, 0.15) is 12.8 Å². The van der Waals surface area contributed by atoms with Crippen molar-refractivity contribution in [1.82, 2.24) is 4.90 Å². The molecule has 0 radical (unpaired) electrons. The highest BCUT2D eigenvalue weighted by Gasteiger charge is 2.29. The maximum absolute atomic E-state index is 4.14. The summed E-state index contributed by atoms with van der Waals surface area (Å²) in [6.45, 7) is 0. The quantitative estimate of drug-likeness (QED) is 0.465. The lowest BCUT2D eigenvalue weighted by Crippen LogP contribution is -3.00. The zero-order valence-electron chi connectivity index (χ0n) is 20.3. The van der Waals surface area contributed by atoms with Crippen LogP contribution in [-0.4, -0.2) is 24.7 Å². The van der Waals surface area contributed by atoms with Gasteiger partial charge >= 0.3 is 0 Å². The summed E-state index contributed by atoms with van der Waals surface area (Å²) in [4.78, 5) is 6.01. The molecule has 5 rings (SSSR count). The standard InChI is InChI=1S/C29H30N4S2/c1-32(2)23-17-18-33(20-23)29-21(8-7-19-34-26-11-5-3-9-24(26)30)13-14-22(29)15-16-28-31-25-10-4-6-12-27(25)35-28/h3-12,15-18,20,31H,13-14,19,30H2,1-2H3/p+2/b8-7+,22-15+,28-16-. The fourth-order valence-corrected chi connectivity index (χ4v) is 6.16. The summed E-state index contributed by atoms with van der Waals surface area (Å²) in [5, 5.41) is 4.72. The highest BCUT2D eigenvalue weighted by Crippen LogP contribution is 2.40. The van der Waals surface area contributed by atoms with Crippen LogP contribution in [0.3, 0.4) is 0 Å². The molecular weight excluding hydrogens is 468 g/mol. The van der Waals surface area contributed by atoms with Crippen molar-refractivity contribution in [2.75, 3.05) is 25.2 Å². The summed E-state index contributed by atoms with van der Waals surface area (Å²) < 4.78 is 0. The second-order valence-corrected chi connectivity index (χ2v) is 11.1. The summed E-state index contributed by atoms with van der Waals surface area (Å²) >= 11 is 3.65. The van der Waals surface area contributed by atoms with Crippen molar-refractivity contribution >= 4 is 34.9 Å². The molecule has 1 unspecified atom stereocenters. The number of para-hydroxylation sites is 1. The maximum atomic E-state index is 4.14. The van der Waals surface area contributed by atoms with E-state index in [2.05, 4.69) is 115 Å². The van der Waals surface area contributed by atoms with Crippen molar-refractivity contribution in [1.29, 1.82) is 0 Å². The van der Waals surface area contributed by atoms with E-state index in [1.54, 1.807) is 11.8 Å². The van der Waals surface area contributed by atoms with E-state index in [1.165, 1.54) is 47.9 Å². The Hall–Kier alpha value is -2.90. The van der Waals surface area contributed by atoms with Crippen LogP contribution in [0.15, 0.2) is 129 Å². The molecule has 1 aliphatic carbocycles. The second kappa shape index (κ2) is 10.8. The highest BCUT2D eigenvalue weighted by molar-refractivity contribution is 8.03. The number of fused-ring (bicyclic) bond motifs is 1. The van der Waals surface area contributed by atoms with E-state index in [0.29, 0.717) is 0 Å². The van der Waals surface area contributed by atoms with E-state index < -0.39 is 0 Å². The minimum atomic E-state index is 0.940. The van der Waals surface area contributed by atoms with Gasteiger partial charge in [-0.2, -0.15) is 0 Å². The van der Waals surface area contributed by atoms with Crippen molar-refractivity contribution in [2.45, 2.75) is 22.6 Å². The number of likely N-dealkylation sites (N-methyl/N-ethyl adjacent to an activating group) is 1. The van der Waals surface area contributed by atoms with Crippen LogP contribution in [0, 0.1) is 0 Å². The molecule has 35 heavy (non-hydrogen) atoms. The Labute approximate surface area is 216 Å². The number of quaternary nitrogens is 2. The van der Waals surface area contributed by atoms with Crippen LogP contribution in [-0.2, 0) is 0 Å². The normalized spacial score (nSPS) is 21.3. The van der Waals surface area contributed by atoms with E-state index in [0.717, 1.165) is 24.3 Å². The molecule has 4 nitrogen and oxygen atoms in total. The van der Waals surface area contributed by atoms with Gasteiger partial charge in [0, 0.05) is 48.0 Å². The SMILES string of the molecule is CN(C)C1=C[NH+](C2=C(/C=C/CSc3ccccc3[NH3+])CC/C2=C\C=C2\Nc3ccccc3S2)C=C1. The number of nitrogens with one attached hydrogen (secondary N) is 2. The lowest BCUT2D eigenvalue weighted by molar-refractivity contribution is -0.740. The van der Waals surface area contributed by atoms with E-state index in [4.69, 9.17) is 0 Å². The zero-order chi connectivity index (χ0) is 24.2. The monoisotopic (exact) mass is 500 g/mol. The van der Waals surface area contributed by atoms with Gasteiger partial charge in [0.05, 0.1) is 21.3 Å². The molecule has 2 aliphatic heterocycles. The van der Waals surface area contributed by atoms with E-state index >= 15 is 0 Å². The predicted octanol–water partition coefficient (Wildman–Crippen LogP) is 5.06. The van der Waals surface area contributed by atoms with Crippen molar-refractivity contribution in [3.63, 3.8) is 0 Å². The van der Waals surface area contributed by atoms with Crippen LogP contribution in [0.4, 0.5) is 11.4 Å². The van der Waals surface area contributed by atoms with Gasteiger partial charge in [0.15, 0.2) is 0 Å². The molecule has 5 N–H and O–H groups in total. The van der Waals surface area contributed by atoms with Gasteiger partial charge in [-0.3, -0.25) is 0 Å². The van der Waals surface area contributed by atoms with Crippen LogP contribution < -0.4 is 16.0 Å². The molecule has 0 fully saturated rings. The third kappa shape index (κ3) is 5.52. The number of hydrogen-bond donors (Lipinski definition) is 3. The first kappa shape index (κ1) is 23.8. The third-order valence-electron chi connectivity index (χ3n) is 6.28. The second-order valence-electron chi connectivity index (χ2n) is 8.92. The minimum absolute atomic E-state index is 0.940. The molecule has 0 saturated heterocycles. The molecular formula is C29H32N4S2+2. The average Bonchev–Trinajstić information content (AvgIpc) is 3.59. The van der Waals surface area contributed by atoms with Gasteiger partial charge in [-0.05, 0) is 37.1 Å². The van der Waals surface area contributed by atoms with Crippen molar-refractivity contribution in [3.05, 3.63) is 119 Å². The largest absolute Gasteiger partial charge is 0.373 e. The molecule has 2 aromatic carbocycles. The Morgan fingerprint density at radius 3 is 2.71 bits per heavy atom. The van der Waals surface area contributed by atoms with Crippen molar-refractivity contribution in [2.24, 2.45) is 0 Å². The van der Waals surface area contributed by atoms with Gasteiger partial charge in [-0.1, -0.05) is 54.3 Å². The molecule has 1 atom stereocenters. The van der Waals surface area contributed by atoms with Gasteiger partial charge in [0.25, 0.3) is 0 Å². The molecule has 0 amide bonds. The van der Waals surface area contributed by atoms with Gasteiger partial charge in [-0.25, -0.2) is 4.90 Å². The molecule has 6 heteroatoms. The molecule has 2 heterocycles. The summed E-state index contributed by atoms with van der Waals surface area (Å²) in [6, 6.07) is 16.8. The fourth-order valence-electron chi connectivity index (χ4n) is 4.45. The van der Waals surface area contributed by atoms with Crippen molar-refractivity contribution in [3.8, 4) is 0 Å². The predicted molar refractivity (Wildman–Crippen MR) is 149 cm³/mol. The lowest BCUT2D eigenvalue weighted by Gasteiger charge is -2.13. The number of thioether (sulfide) groups is 2. The Bertz CT molecular complexity index is 1270. The Kier molecular flexibility index (Phi) is 7.35. The lowest BCUT2D eigenvalue weighted by atomic mass is 10.1. The number of rotatable bonds is 7. The van der Waals surface area contributed by atoms with Crippen LogP contribution in [0.25, 0.3) is 0 Å². The summed E-state index contributed by atoms with van der Waals surface area (Å²) in [5.74, 6) is 0.940. The van der Waals surface area contributed by atoms with Crippen LogP contribution >= 0.6 is 23.5 Å². The topological polar surface area (TPSA) is 47.4 Å². The van der Waals surface area contributed by atoms with Crippen molar-refractivity contribution < 1.29 is 10.6 Å². The first-order chi connectivity index (χ1) is 17.1. The smallest absolute Gasteiger partial charge is 0.146 e. The first-order valence-electron chi connectivity index (χ1n) is 11.9. The van der Waals surface area contributed by atoms with E-state index in [9.17, 15) is 0 Å². The Balaban J connectivity index is 1.37.